The number of carbonyl (C=O) groups is 1. The SMILES string of the molecule is CCCOc1cc(/C=N\NC(=O)COc2ccccc2F)ccc1OC. The highest BCUT2D eigenvalue weighted by atomic mass is 19.1. The molecule has 138 valence electrons. The van der Waals surface area contributed by atoms with Gasteiger partial charge in [-0.2, -0.15) is 5.10 Å². The van der Waals surface area contributed by atoms with Crippen LogP contribution in [-0.4, -0.2) is 32.4 Å². The second-order valence-corrected chi connectivity index (χ2v) is 5.27. The average molecular weight is 360 g/mol. The molecule has 2 rings (SSSR count). The monoisotopic (exact) mass is 360 g/mol. The number of methoxy groups -OCH3 is 1. The molecule has 0 aliphatic heterocycles. The molecule has 0 heterocycles. The molecule has 0 bridgehead atoms. The third kappa shape index (κ3) is 5.77. The van der Waals surface area contributed by atoms with Crippen molar-refractivity contribution in [1.29, 1.82) is 0 Å². The van der Waals surface area contributed by atoms with Crippen LogP contribution in [0.1, 0.15) is 18.9 Å². The molecule has 0 aromatic heterocycles. The number of nitrogens with zero attached hydrogens (tertiary/aromatic N) is 1. The first-order valence-electron chi connectivity index (χ1n) is 8.14. The van der Waals surface area contributed by atoms with Gasteiger partial charge >= 0.3 is 0 Å². The number of halogens is 1. The average Bonchev–Trinajstić information content (AvgIpc) is 2.66. The van der Waals surface area contributed by atoms with Crippen molar-refractivity contribution in [1.82, 2.24) is 5.43 Å². The maximum absolute atomic E-state index is 13.4. The summed E-state index contributed by atoms with van der Waals surface area (Å²) in [5, 5.41) is 3.86. The van der Waals surface area contributed by atoms with Gasteiger partial charge in [-0.05, 0) is 42.3 Å². The predicted molar refractivity (Wildman–Crippen MR) is 96.4 cm³/mol. The smallest absolute Gasteiger partial charge is 0.277 e. The number of carbonyl (C=O) groups excluding carboxylic acids is 1. The van der Waals surface area contributed by atoms with Crippen molar-refractivity contribution in [3.63, 3.8) is 0 Å². The minimum atomic E-state index is -0.526. The fraction of sp³-hybridized carbons (Fsp3) is 0.263. The maximum Gasteiger partial charge on any atom is 0.277 e. The first-order valence-corrected chi connectivity index (χ1v) is 8.14. The van der Waals surface area contributed by atoms with E-state index in [1.807, 2.05) is 6.92 Å². The molecule has 0 radical (unpaired) electrons. The molecule has 0 saturated carbocycles. The van der Waals surface area contributed by atoms with E-state index in [4.69, 9.17) is 14.2 Å². The highest BCUT2D eigenvalue weighted by Gasteiger charge is 2.06. The third-order valence-corrected chi connectivity index (χ3v) is 3.25. The fourth-order valence-electron chi connectivity index (χ4n) is 2.01. The van der Waals surface area contributed by atoms with Crippen molar-refractivity contribution in [2.45, 2.75) is 13.3 Å². The van der Waals surface area contributed by atoms with Gasteiger partial charge in [-0.25, -0.2) is 9.82 Å². The maximum atomic E-state index is 13.4. The Hall–Kier alpha value is -3.09. The molecule has 0 aliphatic rings. The molecule has 6 nitrogen and oxygen atoms in total. The topological polar surface area (TPSA) is 69.2 Å². The second-order valence-electron chi connectivity index (χ2n) is 5.27. The number of rotatable bonds is 9. The first kappa shape index (κ1) is 19.2. The van der Waals surface area contributed by atoms with E-state index < -0.39 is 11.7 Å². The number of para-hydroxylation sites is 1. The molecule has 0 atom stereocenters. The van der Waals surface area contributed by atoms with E-state index in [1.165, 1.54) is 18.3 Å². The summed E-state index contributed by atoms with van der Waals surface area (Å²) < 4.78 is 29.3. The molecule has 2 aromatic carbocycles. The van der Waals surface area contributed by atoms with Crippen LogP contribution in [0.25, 0.3) is 0 Å². The summed E-state index contributed by atoms with van der Waals surface area (Å²) in [7, 11) is 1.57. The normalized spacial score (nSPS) is 10.6. The number of hydrogen-bond acceptors (Lipinski definition) is 5. The lowest BCUT2D eigenvalue weighted by atomic mass is 10.2. The summed E-state index contributed by atoms with van der Waals surface area (Å²) in [5.41, 5.74) is 3.05. The van der Waals surface area contributed by atoms with Crippen molar-refractivity contribution >= 4 is 12.1 Å². The highest BCUT2D eigenvalue weighted by Crippen LogP contribution is 2.27. The summed E-state index contributed by atoms with van der Waals surface area (Å²) in [6.07, 6.45) is 2.35. The zero-order valence-corrected chi connectivity index (χ0v) is 14.7. The van der Waals surface area contributed by atoms with Crippen molar-refractivity contribution < 1.29 is 23.4 Å². The van der Waals surface area contributed by atoms with Crippen LogP contribution in [0.4, 0.5) is 4.39 Å². The van der Waals surface area contributed by atoms with Crippen LogP contribution in [0.15, 0.2) is 47.6 Å². The van der Waals surface area contributed by atoms with Gasteiger partial charge in [0.2, 0.25) is 0 Å². The van der Waals surface area contributed by atoms with E-state index in [-0.39, 0.29) is 12.4 Å². The molecule has 26 heavy (non-hydrogen) atoms. The van der Waals surface area contributed by atoms with Crippen LogP contribution < -0.4 is 19.6 Å². The number of hydrazone groups is 1. The summed E-state index contributed by atoms with van der Waals surface area (Å²) in [6, 6.07) is 11.2. The molecule has 0 unspecified atom stereocenters. The molecule has 7 heteroatoms. The van der Waals surface area contributed by atoms with E-state index in [0.717, 1.165) is 12.0 Å². The largest absolute Gasteiger partial charge is 0.493 e. The Morgan fingerprint density at radius 3 is 2.69 bits per heavy atom. The lowest BCUT2D eigenvalue weighted by Crippen LogP contribution is -2.24. The molecule has 2 aromatic rings. The molecule has 0 aliphatic carbocycles. The van der Waals surface area contributed by atoms with Gasteiger partial charge in [-0.3, -0.25) is 4.79 Å². The fourth-order valence-corrected chi connectivity index (χ4v) is 2.01. The van der Waals surface area contributed by atoms with Gasteiger partial charge in [0, 0.05) is 0 Å². The number of nitrogens with one attached hydrogen (secondary N) is 1. The van der Waals surface area contributed by atoms with Crippen LogP contribution >= 0.6 is 0 Å². The number of benzene rings is 2. The minimum Gasteiger partial charge on any atom is -0.493 e. The molecule has 0 fully saturated rings. The lowest BCUT2D eigenvalue weighted by molar-refractivity contribution is -0.123. The predicted octanol–water partition coefficient (Wildman–Crippen LogP) is 3.15. The van der Waals surface area contributed by atoms with E-state index in [2.05, 4.69) is 10.5 Å². The van der Waals surface area contributed by atoms with E-state index >= 15 is 0 Å². The van der Waals surface area contributed by atoms with Crippen molar-refractivity contribution in [2.75, 3.05) is 20.3 Å². The summed E-state index contributed by atoms with van der Waals surface area (Å²) in [6.45, 7) is 2.24. The lowest BCUT2D eigenvalue weighted by Gasteiger charge is -2.10. The number of amides is 1. The summed E-state index contributed by atoms with van der Waals surface area (Å²) >= 11 is 0. The van der Waals surface area contributed by atoms with E-state index in [1.54, 1.807) is 37.4 Å². The third-order valence-electron chi connectivity index (χ3n) is 3.25. The standard InChI is InChI=1S/C19H21FN2O4/c1-3-10-25-18-11-14(8-9-17(18)24-2)12-21-22-19(23)13-26-16-7-5-4-6-15(16)20/h4-9,11-12H,3,10,13H2,1-2H3,(H,22,23)/b21-12-. The van der Waals surface area contributed by atoms with Crippen molar-refractivity contribution in [3.8, 4) is 17.2 Å². The zero-order chi connectivity index (χ0) is 18.8. The van der Waals surface area contributed by atoms with Crippen LogP contribution in [0.2, 0.25) is 0 Å². The van der Waals surface area contributed by atoms with Gasteiger partial charge in [0.1, 0.15) is 0 Å². The minimum absolute atomic E-state index is 0.0134. The van der Waals surface area contributed by atoms with Crippen molar-refractivity contribution in [2.24, 2.45) is 5.10 Å². The molecular weight excluding hydrogens is 339 g/mol. The van der Waals surface area contributed by atoms with E-state index in [9.17, 15) is 9.18 Å². The number of ether oxygens (including phenoxy) is 3. The van der Waals surface area contributed by atoms with E-state index in [0.29, 0.717) is 18.1 Å². The second kappa shape index (κ2) is 10.0. The van der Waals surface area contributed by atoms with Gasteiger partial charge in [0.15, 0.2) is 29.7 Å². The Kier molecular flexibility index (Phi) is 7.42. The zero-order valence-electron chi connectivity index (χ0n) is 14.7. The summed E-state index contributed by atoms with van der Waals surface area (Å²) in [4.78, 5) is 11.7. The van der Waals surface area contributed by atoms with Crippen LogP contribution in [-0.2, 0) is 4.79 Å². The van der Waals surface area contributed by atoms with Crippen molar-refractivity contribution in [3.05, 3.63) is 53.8 Å². The van der Waals surface area contributed by atoms with Crippen LogP contribution in [0.3, 0.4) is 0 Å². The Balaban J connectivity index is 1.89. The Morgan fingerprint density at radius 2 is 1.96 bits per heavy atom. The van der Waals surface area contributed by atoms with Gasteiger partial charge in [0.05, 0.1) is 19.9 Å². The van der Waals surface area contributed by atoms with Crippen LogP contribution in [0, 0.1) is 5.82 Å². The molecule has 0 saturated heterocycles. The highest BCUT2D eigenvalue weighted by molar-refractivity contribution is 5.83. The summed E-state index contributed by atoms with van der Waals surface area (Å²) in [5.74, 6) is 0.215. The van der Waals surface area contributed by atoms with Gasteiger partial charge in [-0.1, -0.05) is 19.1 Å². The van der Waals surface area contributed by atoms with Gasteiger partial charge in [-0.15, -0.1) is 0 Å². The van der Waals surface area contributed by atoms with Gasteiger partial charge < -0.3 is 14.2 Å². The Bertz CT molecular complexity index is 765. The molecule has 1 amide bonds. The quantitative estimate of drug-likeness (QED) is 0.551. The number of hydrogen-bond donors (Lipinski definition) is 1. The van der Waals surface area contributed by atoms with Crippen LogP contribution in [0.5, 0.6) is 17.2 Å². The Morgan fingerprint density at radius 1 is 1.15 bits per heavy atom. The van der Waals surface area contributed by atoms with Gasteiger partial charge in [0.25, 0.3) is 5.91 Å². The Labute approximate surface area is 151 Å². The molecule has 1 N–H and O–H groups in total. The molecular formula is C19H21FN2O4. The first-order chi connectivity index (χ1) is 12.6. The molecule has 0 spiro atoms.